The second kappa shape index (κ2) is 6.19. The number of aliphatic hydroxyl groups excluding tert-OH is 1. The predicted octanol–water partition coefficient (Wildman–Crippen LogP) is 0.101. The first-order valence-electron chi connectivity index (χ1n) is 7.02. The zero-order valence-corrected chi connectivity index (χ0v) is 12.0. The van der Waals surface area contributed by atoms with Crippen molar-refractivity contribution in [3.05, 3.63) is 35.8 Å². The third-order valence-corrected chi connectivity index (χ3v) is 3.63. The molecule has 0 bridgehead atoms. The third-order valence-electron chi connectivity index (χ3n) is 3.63. The first-order chi connectivity index (χ1) is 10.2. The van der Waals surface area contributed by atoms with E-state index in [1.54, 1.807) is 18.0 Å². The average Bonchev–Trinajstić information content (AvgIpc) is 2.99. The number of β-amino-alcohol motifs (C(OH)–C–C–N with tert-alkyl or cyclic N) is 1. The van der Waals surface area contributed by atoms with Crippen molar-refractivity contribution >= 4 is 0 Å². The first kappa shape index (κ1) is 14.0. The van der Waals surface area contributed by atoms with E-state index < -0.39 is 6.10 Å². The quantitative estimate of drug-likeness (QED) is 0.841. The summed E-state index contributed by atoms with van der Waals surface area (Å²) in [4.78, 5) is 2.22. The lowest BCUT2D eigenvalue weighted by atomic mass is 10.1. The molecular formula is C14H19N5O2. The lowest BCUT2D eigenvalue weighted by Gasteiger charge is -2.29. The van der Waals surface area contributed by atoms with Gasteiger partial charge in [0.1, 0.15) is 0 Å². The van der Waals surface area contributed by atoms with Gasteiger partial charge in [0.2, 0.25) is 5.88 Å². The minimum absolute atomic E-state index is 0.442. The van der Waals surface area contributed by atoms with E-state index in [0.29, 0.717) is 19.0 Å². The summed E-state index contributed by atoms with van der Waals surface area (Å²) in [6.07, 6.45) is 3.98. The molecule has 112 valence electrons. The van der Waals surface area contributed by atoms with Crippen LogP contribution in [-0.4, -0.2) is 56.3 Å². The molecule has 3 rings (SSSR count). The molecule has 0 fully saturated rings. The topological polar surface area (TPSA) is 76.3 Å². The second-order valence-corrected chi connectivity index (χ2v) is 5.23. The molecule has 0 saturated heterocycles. The van der Waals surface area contributed by atoms with Crippen LogP contribution in [0.3, 0.4) is 0 Å². The maximum atomic E-state index is 10.2. The van der Waals surface area contributed by atoms with Crippen molar-refractivity contribution in [1.29, 1.82) is 0 Å². The number of hydrogen-bond donors (Lipinski definition) is 1. The fourth-order valence-corrected chi connectivity index (χ4v) is 2.60. The minimum Gasteiger partial charge on any atom is -0.480 e. The zero-order chi connectivity index (χ0) is 14.7. The Morgan fingerprint density at radius 3 is 3.05 bits per heavy atom. The van der Waals surface area contributed by atoms with E-state index in [1.165, 1.54) is 0 Å². The molecule has 1 aliphatic heterocycles. The van der Waals surface area contributed by atoms with Gasteiger partial charge in [0.25, 0.3) is 0 Å². The van der Waals surface area contributed by atoms with Gasteiger partial charge in [-0.3, -0.25) is 9.58 Å². The largest absolute Gasteiger partial charge is 0.480 e. The highest BCUT2D eigenvalue weighted by molar-refractivity contribution is 5.26. The van der Waals surface area contributed by atoms with E-state index in [0.717, 1.165) is 30.8 Å². The molecule has 0 spiro atoms. The average molecular weight is 289 g/mol. The summed E-state index contributed by atoms with van der Waals surface area (Å²) in [5.41, 5.74) is 2.15. The molecule has 21 heavy (non-hydrogen) atoms. The maximum Gasteiger partial charge on any atom is 0.233 e. The van der Waals surface area contributed by atoms with E-state index in [2.05, 4.69) is 20.2 Å². The molecule has 0 radical (unpaired) electrons. The summed E-state index contributed by atoms with van der Waals surface area (Å²) in [5.74, 6) is 0.535. The third kappa shape index (κ3) is 3.37. The Labute approximate surface area is 123 Å². The van der Waals surface area contributed by atoms with Gasteiger partial charge in [0.05, 0.1) is 25.5 Å². The molecular weight excluding hydrogens is 270 g/mol. The van der Waals surface area contributed by atoms with Crippen molar-refractivity contribution in [2.75, 3.05) is 20.2 Å². The zero-order valence-electron chi connectivity index (χ0n) is 12.0. The van der Waals surface area contributed by atoms with Crippen molar-refractivity contribution in [2.45, 2.75) is 25.6 Å². The van der Waals surface area contributed by atoms with Gasteiger partial charge in [0.15, 0.2) is 0 Å². The molecule has 2 aromatic rings. The summed E-state index contributed by atoms with van der Waals surface area (Å²) in [7, 11) is 1.59. The molecule has 1 N–H and O–H groups in total. The van der Waals surface area contributed by atoms with Crippen molar-refractivity contribution < 1.29 is 9.84 Å². The number of aromatic nitrogens is 4. The SMILES string of the molecule is COc1cc2c(nn1)CCN(C[C@H](O)Cn1cccn1)C2. The molecule has 0 aliphatic carbocycles. The maximum absolute atomic E-state index is 10.2. The van der Waals surface area contributed by atoms with E-state index in [1.807, 2.05) is 18.3 Å². The first-order valence-corrected chi connectivity index (χ1v) is 7.02. The van der Waals surface area contributed by atoms with Crippen LogP contribution in [0.1, 0.15) is 11.3 Å². The van der Waals surface area contributed by atoms with Crippen LogP contribution in [0.25, 0.3) is 0 Å². The Balaban J connectivity index is 1.60. The Bertz CT molecular complexity index is 587. The fraction of sp³-hybridized carbons (Fsp3) is 0.500. The van der Waals surface area contributed by atoms with Gasteiger partial charge in [-0.25, -0.2) is 0 Å². The monoisotopic (exact) mass is 289 g/mol. The van der Waals surface area contributed by atoms with Crippen LogP contribution < -0.4 is 4.74 Å². The molecule has 0 saturated carbocycles. The highest BCUT2D eigenvalue weighted by atomic mass is 16.5. The number of aliphatic hydroxyl groups is 1. The summed E-state index contributed by atoms with van der Waals surface area (Å²) in [6.45, 7) is 2.76. The standard InChI is InChI=1S/C14H19N5O2/c1-21-14-7-11-8-18(6-3-13(11)16-17-14)9-12(20)10-19-5-2-4-15-19/h2,4-5,7,12,20H,3,6,8-10H2,1H3/t12-/m0/s1. The van der Waals surface area contributed by atoms with Crippen LogP contribution in [-0.2, 0) is 19.5 Å². The second-order valence-electron chi connectivity index (χ2n) is 5.23. The number of ether oxygens (including phenoxy) is 1. The van der Waals surface area contributed by atoms with Gasteiger partial charge in [0, 0.05) is 44.5 Å². The van der Waals surface area contributed by atoms with Gasteiger partial charge in [-0.15, -0.1) is 5.10 Å². The van der Waals surface area contributed by atoms with Crippen LogP contribution in [0, 0.1) is 0 Å². The molecule has 1 atom stereocenters. The highest BCUT2D eigenvalue weighted by Crippen LogP contribution is 2.19. The summed E-state index contributed by atoms with van der Waals surface area (Å²) in [5, 5.41) is 22.5. The molecule has 0 amide bonds. The van der Waals surface area contributed by atoms with Crippen LogP contribution in [0.15, 0.2) is 24.5 Å². The van der Waals surface area contributed by atoms with E-state index >= 15 is 0 Å². The van der Waals surface area contributed by atoms with Crippen LogP contribution in [0.5, 0.6) is 5.88 Å². The van der Waals surface area contributed by atoms with Crippen molar-refractivity contribution in [3.8, 4) is 5.88 Å². The smallest absolute Gasteiger partial charge is 0.233 e. The number of hydrogen-bond acceptors (Lipinski definition) is 6. The normalized spacial score (nSPS) is 16.5. The van der Waals surface area contributed by atoms with Gasteiger partial charge >= 0.3 is 0 Å². The summed E-state index contributed by atoms with van der Waals surface area (Å²) < 4.78 is 6.86. The van der Waals surface area contributed by atoms with Crippen LogP contribution in [0.4, 0.5) is 0 Å². The highest BCUT2D eigenvalue weighted by Gasteiger charge is 2.21. The Kier molecular flexibility index (Phi) is 4.12. The van der Waals surface area contributed by atoms with Gasteiger partial charge in [-0.2, -0.15) is 10.2 Å². The Hall–Kier alpha value is -1.99. The van der Waals surface area contributed by atoms with Crippen molar-refractivity contribution in [3.63, 3.8) is 0 Å². The molecule has 2 aromatic heterocycles. The molecule has 7 heteroatoms. The summed E-state index contributed by atoms with van der Waals surface area (Å²) in [6, 6.07) is 3.78. The molecule has 3 heterocycles. The predicted molar refractivity (Wildman–Crippen MR) is 75.8 cm³/mol. The van der Waals surface area contributed by atoms with E-state index in [-0.39, 0.29) is 0 Å². The van der Waals surface area contributed by atoms with E-state index in [4.69, 9.17) is 4.74 Å². The summed E-state index contributed by atoms with van der Waals surface area (Å²) >= 11 is 0. The van der Waals surface area contributed by atoms with Crippen LogP contribution in [0.2, 0.25) is 0 Å². The van der Waals surface area contributed by atoms with Crippen molar-refractivity contribution in [1.82, 2.24) is 24.9 Å². The van der Waals surface area contributed by atoms with Crippen LogP contribution >= 0.6 is 0 Å². The number of fused-ring (bicyclic) bond motifs is 1. The Morgan fingerprint density at radius 2 is 2.29 bits per heavy atom. The van der Waals surface area contributed by atoms with Gasteiger partial charge in [-0.05, 0) is 11.6 Å². The van der Waals surface area contributed by atoms with Crippen molar-refractivity contribution in [2.24, 2.45) is 0 Å². The fourth-order valence-electron chi connectivity index (χ4n) is 2.60. The Morgan fingerprint density at radius 1 is 1.38 bits per heavy atom. The van der Waals surface area contributed by atoms with E-state index in [9.17, 15) is 5.11 Å². The molecule has 7 nitrogen and oxygen atoms in total. The van der Waals surface area contributed by atoms with Gasteiger partial charge < -0.3 is 9.84 Å². The number of rotatable bonds is 5. The lowest BCUT2D eigenvalue weighted by Crippen LogP contribution is -2.38. The minimum atomic E-state index is -0.442. The molecule has 0 unspecified atom stereocenters. The van der Waals surface area contributed by atoms with Gasteiger partial charge in [-0.1, -0.05) is 0 Å². The molecule has 1 aliphatic rings. The lowest BCUT2D eigenvalue weighted by molar-refractivity contribution is 0.0883. The number of nitrogens with zero attached hydrogens (tertiary/aromatic N) is 5. The number of methoxy groups -OCH3 is 1. The molecule has 0 aromatic carbocycles.